The molecule has 0 bridgehead atoms. The molecule has 0 unspecified atom stereocenters. The van der Waals surface area contributed by atoms with Crippen molar-refractivity contribution < 1.29 is 4.74 Å². The monoisotopic (exact) mass is 972 g/mol. The molecule has 9 rings (SSSR count). The maximum atomic E-state index is 7.38. The van der Waals surface area contributed by atoms with Crippen LogP contribution in [0.15, 0.2) is 164 Å². The number of benzene rings is 7. The second-order valence-electron chi connectivity index (χ2n) is 23.5. The van der Waals surface area contributed by atoms with Crippen LogP contribution in [0.3, 0.4) is 0 Å². The number of allylic oxidation sites excluding steroid dienone is 6. The maximum Gasteiger partial charge on any atom is 0.256 e. The maximum absolute atomic E-state index is 7.38. The summed E-state index contributed by atoms with van der Waals surface area (Å²) in [6.45, 7) is 43.3. The Kier molecular flexibility index (Phi) is 14.4. The van der Waals surface area contributed by atoms with E-state index in [0.717, 1.165) is 45.1 Å². The molecule has 2 heterocycles. The van der Waals surface area contributed by atoms with Crippen molar-refractivity contribution in [1.29, 1.82) is 0 Å². The van der Waals surface area contributed by atoms with E-state index < -0.39 is 0 Å². The largest absolute Gasteiger partial charge is 0.458 e. The van der Waals surface area contributed by atoms with Crippen LogP contribution in [0, 0.1) is 5.92 Å². The van der Waals surface area contributed by atoms with Gasteiger partial charge in [-0.2, -0.15) is 0 Å². The standard InChI is InChI=1S/C71H78BNO/c1-18-48(19-2)50-29-31-64-62(38-50)72-63-39-51(54-33-52(42(4)5)34-56(35-54)71(15,16)17)30-32-66(63)74-67-41-55(49-25-22-21-23-26-49)40-65(69(67)72)73(64)70-58(47(14)57(20-3)44(8)9)27-24-28-59(70)68-60(45(10)11)36-53(43(6)7)37-61(68)46(12)13/h18-46H,1,3H2,2,4-17H3/b48-19+,57-47-. The first-order valence-corrected chi connectivity index (χ1v) is 27.3. The number of hydrogen-bond donors (Lipinski definition) is 0. The molecule has 0 atom stereocenters. The molecule has 0 N–H and O–H groups in total. The quantitative estimate of drug-likeness (QED) is 0.0843. The van der Waals surface area contributed by atoms with Crippen LogP contribution in [0.25, 0.3) is 44.5 Å². The highest BCUT2D eigenvalue weighted by atomic mass is 16.5. The summed E-state index contributed by atoms with van der Waals surface area (Å²) in [5, 5.41) is 0. The van der Waals surface area contributed by atoms with E-state index in [9.17, 15) is 0 Å². The topological polar surface area (TPSA) is 12.5 Å². The smallest absolute Gasteiger partial charge is 0.256 e. The van der Waals surface area contributed by atoms with Gasteiger partial charge >= 0.3 is 0 Å². The Balaban J connectivity index is 1.46. The number of anilines is 3. The second-order valence-corrected chi connectivity index (χ2v) is 23.5. The van der Waals surface area contributed by atoms with Crippen LogP contribution < -0.4 is 26.0 Å². The average molecular weight is 972 g/mol. The van der Waals surface area contributed by atoms with Crippen molar-refractivity contribution in [2.75, 3.05) is 4.90 Å². The van der Waals surface area contributed by atoms with E-state index in [4.69, 9.17) is 4.74 Å². The molecular formula is C71H78BNO. The summed E-state index contributed by atoms with van der Waals surface area (Å²) in [5.41, 5.74) is 27.0. The third-order valence-electron chi connectivity index (χ3n) is 15.9. The number of fused-ring (bicyclic) bond motifs is 4. The molecule has 0 radical (unpaired) electrons. The highest BCUT2D eigenvalue weighted by molar-refractivity contribution is 6.99. The van der Waals surface area contributed by atoms with Gasteiger partial charge in [0.25, 0.3) is 6.71 Å². The first-order valence-electron chi connectivity index (χ1n) is 27.3. The molecule has 0 aliphatic carbocycles. The molecule has 376 valence electrons. The molecule has 7 aromatic rings. The lowest BCUT2D eigenvalue weighted by molar-refractivity contribution is 0.488. The second kappa shape index (κ2) is 20.5. The van der Waals surface area contributed by atoms with Crippen molar-refractivity contribution in [3.05, 3.63) is 203 Å². The Labute approximate surface area is 445 Å². The summed E-state index contributed by atoms with van der Waals surface area (Å²) in [6, 6.07) is 48.9. The van der Waals surface area contributed by atoms with Crippen LogP contribution in [0.4, 0.5) is 17.1 Å². The van der Waals surface area contributed by atoms with Crippen LogP contribution in [-0.2, 0) is 5.41 Å². The lowest BCUT2D eigenvalue weighted by atomic mass is 9.34. The average Bonchev–Trinajstić information content (AvgIpc) is 3.37. The molecule has 0 aromatic heterocycles. The first kappa shape index (κ1) is 52.0. The highest BCUT2D eigenvalue weighted by Crippen LogP contribution is 2.52. The van der Waals surface area contributed by atoms with Gasteiger partial charge in [0, 0.05) is 22.5 Å². The minimum Gasteiger partial charge on any atom is -0.458 e. The van der Waals surface area contributed by atoms with Crippen molar-refractivity contribution in [1.82, 2.24) is 0 Å². The number of rotatable bonds is 13. The fourth-order valence-electron chi connectivity index (χ4n) is 11.7. The molecule has 2 aliphatic rings. The predicted molar refractivity (Wildman–Crippen MR) is 325 cm³/mol. The van der Waals surface area contributed by atoms with Crippen LogP contribution >= 0.6 is 0 Å². The highest BCUT2D eigenvalue weighted by Gasteiger charge is 2.44. The summed E-state index contributed by atoms with van der Waals surface area (Å²) in [7, 11) is 0. The van der Waals surface area contributed by atoms with E-state index in [1.165, 1.54) is 88.9 Å². The van der Waals surface area contributed by atoms with Crippen molar-refractivity contribution in [3.63, 3.8) is 0 Å². The van der Waals surface area contributed by atoms with Gasteiger partial charge in [0.1, 0.15) is 11.5 Å². The summed E-state index contributed by atoms with van der Waals surface area (Å²) in [4.78, 5) is 2.63. The summed E-state index contributed by atoms with van der Waals surface area (Å²) in [6.07, 6.45) is 6.25. The summed E-state index contributed by atoms with van der Waals surface area (Å²) < 4.78 is 7.38. The molecule has 0 saturated carbocycles. The van der Waals surface area contributed by atoms with Gasteiger partial charge in [-0.15, -0.1) is 0 Å². The minimum absolute atomic E-state index is 0.00821. The van der Waals surface area contributed by atoms with E-state index >= 15 is 0 Å². The zero-order chi connectivity index (χ0) is 53.1. The zero-order valence-electron chi connectivity index (χ0n) is 47.1. The summed E-state index contributed by atoms with van der Waals surface area (Å²) >= 11 is 0. The van der Waals surface area contributed by atoms with Crippen molar-refractivity contribution in [2.24, 2.45) is 5.92 Å². The SMILES string of the molecule is C=C/C(=C\C)c1ccc2c(c1)B1c3cc(-c4cc(C(C)C)cc(C(C)(C)C)c4)ccc3Oc3cc(-c4ccccc4)cc(c31)N2c1c(/C(C)=C(/C=C)C(C)C)cccc1-c1c(C(C)C)cc(C(C)C)cc1C(C)C. The third kappa shape index (κ3) is 9.38. The van der Waals surface area contributed by atoms with E-state index in [0.29, 0.717) is 11.8 Å². The van der Waals surface area contributed by atoms with Gasteiger partial charge in [-0.25, -0.2) is 0 Å². The van der Waals surface area contributed by atoms with Crippen LogP contribution in [0.2, 0.25) is 0 Å². The van der Waals surface area contributed by atoms with Gasteiger partial charge < -0.3 is 9.64 Å². The van der Waals surface area contributed by atoms with Crippen molar-refractivity contribution in [2.45, 2.75) is 133 Å². The Morgan fingerprint density at radius 3 is 1.84 bits per heavy atom. The Morgan fingerprint density at radius 1 is 0.581 bits per heavy atom. The zero-order valence-corrected chi connectivity index (χ0v) is 47.1. The lowest BCUT2D eigenvalue weighted by Gasteiger charge is -2.42. The number of hydrogen-bond acceptors (Lipinski definition) is 2. The third-order valence-corrected chi connectivity index (χ3v) is 15.9. The van der Waals surface area contributed by atoms with Crippen LogP contribution in [0.5, 0.6) is 11.5 Å². The minimum atomic E-state index is -0.146. The molecule has 0 saturated heterocycles. The molecular weight excluding hydrogens is 894 g/mol. The molecule has 2 nitrogen and oxygen atoms in total. The van der Waals surface area contributed by atoms with Crippen molar-refractivity contribution in [3.8, 4) is 44.9 Å². The van der Waals surface area contributed by atoms with Gasteiger partial charge in [0.15, 0.2) is 0 Å². The van der Waals surface area contributed by atoms with Crippen molar-refractivity contribution >= 4 is 51.3 Å². The van der Waals surface area contributed by atoms with Gasteiger partial charge in [0.05, 0.1) is 5.69 Å². The molecule has 2 aliphatic heterocycles. The predicted octanol–water partition coefficient (Wildman–Crippen LogP) is 19.1. The lowest BCUT2D eigenvalue weighted by Crippen LogP contribution is -2.59. The number of para-hydroxylation sites is 1. The van der Waals surface area contributed by atoms with E-state index in [1.807, 2.05) is 6.08 Å². The molecule has 7 aromatic carbocycles. The Morgan fingerprint density at radius 2 is 1.24 bits per heavy atom. The molecule has 0 amide bonds. The molecule has 3 heteroatoms. The van der Waals surface area contributed by atoms with Gasteiger partial charge in [-0.05, 0) is 167 Å². The van der Waals surface area contributed by atoms with Gasteiger partial charge in [0.2, 0.25) is 0 Å². The molecule has 0 spiro atoms. The van der Waals surface area contributed by atoms with E-state index in [1.54, 1.807) is 0 Å². The molecule has 0 fully saturated rings. The van der Waals surface area contributed by atoms with E-state index in [-0.39, 0.29) is 29.9 Å². The van der Waals surface area contributed by atoms with Crippen LogP contribution in [0.1, 0.15) is 166 Å². The fourth-order valence-corrected chi connectivity index (χ4v) is 11.7. The Hall–Kier alpha value is -6.84. The fraction of sp³-hybridized carbons (Fsp3) is 0.296. The number of ether oxygens (including phenoxy) is 1. The van der Waals surface area contributed by atoms with Crippen LogP contribution in [-0.4, -0.2) is 6.71 Å². The van der Waals surface area contributed by atoms with Gasteiger partial charge in [-0.1, -0.05) is 225 Å². The first-order chi connectivity index (χ1) is 35.2. The molecule has 74 heavy (non-hydrogen) atoms. The van der Waals surface area contributed by atoms with E-state index in [2.05, 4.69) is 261 Å². The number of nitrogens with zero attached hydrogens (tertiary/aromatic N) is 1. The normalized spacial score (nSPS) is 13.6. The summed E-state index contributed by atoms with van der Waals surface area (Å²) in [5.74, 6) is 3.37. The Bertz CT molecular complexity index is 3360. The van der Waals surface area contributed by atoms with Gasteiger partial charge in [-0.3, -0.25) is 0 Å².